The third kappa shape index (κ3) is 5.27. The third-order valence-electron chi connectivity index (χ3n) is 2.10. The first-order valence-corrected chi connectivity index (χ1v) is 6.27. The fourth-order valence-electron chi connectivity index (χ4n) is 1.26. The summed E-state index contributed by atoms with van der Waals surface area (Å²) >= 11 is 9.00. The minimum absolute atomic E-state index is 0.0405. The Labute approximate surface area is 116 Å². The molecule has 0 heterocycles. The lowest BCUT2D eigenvalue weighted by Crippen LogP contribution is -2.25. The van der Waals surface area contributed by atoms with Crippen molar-refractivity contribution in [3.63, 3.8) is 0 Å². The van der Waals surface area contributed by atoms with Crippen molar-refractivity contribution in [3.8, 4) is 0 Å². The lowest BCUT2D eigenvalue weighted by molar-refractivity contribution is -0.135. The van der Waals surface area contributed by atoms with Gasteiger partial charge in [-0.2, -0.15) is 13.2 Å². The van der Waals surface area contributed by atoms with Gasteiger partial charge in [-0.1, -0.05) is 27.5 Å². The second kappa shape index (κ2) is 6.43. The van der Waals surface area contributed by atoms with E-state index >= 15 is 0 Å². The van der Waals surface area contributed by atoms with E-state index in [0.29, 0.717) is 4.47 Å². The fourth-order valence-corrected chi connectivity index (χ4v) is 1.82. The van der Waals surface area contributed by atoms with E-state index < -0.39 is 18.5 Å². The summed E-state index contributed by atoms with van der Waals surface area (Å²) in [4.78, 5) is 11.6. The number of carbonyl (C=O) groups excluding carboxylic acids is 1. The first-order valence-electron chi connectivity index (χ1n) is 5.09. The number of halogens is 5. The molecule has 1 rings (SSSR count). The minimum Gasteiger partial charge on any atom is -0.352 e. The molecule has 1 aromatic carbocycles. The van der Waals surface area contributed by atoms with Gasteiger partial charge in [0.1, 0.15) is 0 Å². The highest BCUT2D eigenvalue weighted by atomic mass is 79.9. The summed E-state index contributed by atoms with van der Waals surface area (Å²) in [5, 5.41) is 2.65. The monoisotopic (exact) mass is 343 g/mol. The van der Waals surface area contributed by atoms with E-state index in [9.17, 15) is 18.0 Å². The average Bonchev–Trinajstić information content (AvgIpc) is 2.26. The van der Waals surface area contributed by atoms with Crippen LogP contribution in [-0.4, -0.2) is 18.6 Å². The van der Waals surface area contributed by atoms with Crippen LogP contribution in [0.5, 0.6) is 0 Å². The molecule has 18 heavy (non-hydrogen) atoms. The van der Waals surface area contributed by atoms with Crippen molar-refractivity contribution in [2.75, 3.05) is 6.54 Å². The molecule has 1 N–H and O–H groups in total. The summed E-state index contributed by atoms with van der Waals surface area (Å²) in [6.45, 7) is -0.0405. The lowest BCUT2D eigenvalue weighted by Gasteiger charge is -2.08. The molecule has 0 radical (unpaired) electrons. The largest absolute Gasteiger partial charge is 0.389 e. The predicted octanol–water partition coefficient (Wildman–Crippen LogP) is 4.17. The van der Waals surface area contributed by atoms with E-state index in [1.54, 1.807) is 6.07 Å². The molecule has 0 aliphatic heterocycles. The molecule has 0 fully saturated rings. The molecular formula is C11H10BrClF3NO. The Kier molecular flexibility index (Phi) is 5.47. The number of amides is 1. The van der Waals surface area contributed by atoms with Gasteiger partial charge >= 0.3 is 6.18 Å². The van der Waals surface area contributed by atoms with Gasteiger partial charge < -0.3 is 5.32 Å². The van der Waals surface area contributed by atoms with Crippen LogP contribution in [0.15, 0.2) is 22.7 Å². The third-order valence-corrected chi connectivity index (χ3v) is 2.92. The summed E-state index contributed by atoms with van der Waals surface area (Å²) < 4.78 is 36.3. The zero-order chi connectivity index (χ0) is 13.8. The molecule has 0 saturated heterocycles. The van der Waals surface area contributed by atoms with Gasteiger partial charge in [0.05, 0.1) is 10.6 Å². The van der Waals surface area contributed by atoms with Crippen LogP contribution in [0.25, 0.3) is 0 Å². The van der Waals surface area contributed by atoms with Gasteiger partial charge in [0, 0.05) is 17.4 Å². The molecule has 0 bridgehead atoms. The molecular weight excluding hydrogens is 334 g/mol. The molecule has 0 aliphatic rings. The molecule has 0 spiro atoms. The number of alkyl halides is 3. The number of benzene rings is 1. The zero-order valence-corrected chi connectivity index (χ0v) is 11.5. The van der Waals surface area contributed by atoms with Crippen molar-refractivity contribution < 1.29 is 18.0 Å². The molecule has 0 saturated carbocycles. The van der Waals surface area contributed by atoms with Gasteiger partial charge in [0.15, 0.2) is 0 Å². The van der Waals surface area contributed by atoms with E-state index in [0.717, 1.165) is 0 Å². The normalized spacial score (nSPS) is 11.4. The SMILES string of the molecule is O=C(NCCCC(F)(F)F)c1cc(Br)ccc1Cl. The number of rotatable bonds is 4. The van der Waals surface area contributed by atoms with E-state index in [2.05, 4.69) is 21.2 Å². The van der Waals surface area contributed by atoms with Crippen LogP contribution in [0.1, 0.15) is 23.2 Å². The molecule has 0 unspecified atom stereocenters. The van der Waals surface area contributed by atoms with E-state index in [1.807, 2.05) is 0 Å². The second-order valence-corrected chi connectivity index (χ2v) is 4.92. The van der Waals surface area contributed by atoms with Crippen molar-refractivity contribution in [2.45, 2.75) is 19.0 Å². The predicted molar refractivity (Wildman–Crippen MR) is 66.8 cm³/mol. The van der Waals surface area contributed by atoms with Crippen LogP contribution >= 0.6 is 27.5 Å². The second-order valence-electron chi connectivity index (χ2n) is 3.60. The Bertz CT molecular complexity index is 437. The Balaban J connectivity index is 2.48. The Morgan fingerprint density at radius 2 is 2.06 bits per heavy atom. The molecule has 0 aliphatic carbocycles. The topological polar surface area (TPSA) is 29.1 Å². The molecule has 0 atom stereocenters. The van der Waals surface area contributed by atoms with Crippen molar-refractivity contribution in [2.24, 2.45) is 0 Å². The minimum atomic E-state index is -4.20. The fraction of sp³-hybridized carbons (Fsp3) is 0.364. The van der Waals surface area contributed by atoms with Crippen molar-refractivity contribution in [1.29, 1.82) is 0 Å². The summed E-state index contributed by atoms with van der Waals surface area (Å²) in [6, 6.07) is 4.72. The first-order chi connectivity index (χ1) is 8.29. The maximum absolute atomic E-state index is 11.9. The van der Waals surface area contributed by atoms with Crippen molar-refractivity contribution >= 4 is 33.4 Å². The van der Waals surface area contributed by atoms with Gasteiger partial charge in [-0.05, 0) is 24.6 Å². The number of hydrogen-bond acceptors (Lipinski definition) is 1. The number of hydrogen-bond donors (Lipinski definition) is 1. The summed E-state index contributed by atoms with van der Waals surface area (Å²) in [7, 11) is 0. The van der Waals surface area contributed by atoms with Crippen LogP contribution in [0.3, 0.4) is 0 Å². The van der Waals surface area contributed by atoms with Crippen LogP contribution in [0, 0.1) is 0 Å². The molecule has 100 valence electrons. The molecule has 1 aromatic rings. The Hall–Kier alpha value is -0.750. The average molecular weight is 345 g/mol. The quantitative estimate of drug-likeness (QED) is 0.816. The summed E-state index contributed by atoms with van der Waals surface area (Å²) in [5.74, 6) is -0.483. The Morgan fingerprint density at radius 1 is 1.39 bits per heavy atom. The van der Waals surface area contributed by atoms with Crippen molar-refractivity contribution in [3.05, 3.63) is 33.3 Å². The van der Waals surface area contributed by atoms with E-state index in [4.69, 9.17) is 11.6 Å². The van der Waals surface area contributed by atoms with Gasteiger partial charge in [0.25, 0.3) is 5.91 Å². The summed E-state index contributed by atoms with van der Waals surface area (Å²) in [6.07, 6.45) is -5.27. The highest BCUT2D eigenvalue weighted by Gasteiger charge is 2.26. The maximum Gasteiger partial charge on any atom is 0.389 e. The standard InChI is InChI=1S/C11H10BrClF3NO/c12-7-2-3-9(13)8(6-7)10(18)17-5-1-4-11(14,15)16/h2-3,6H,1,4-5H2,(H,17,18). The van der Waals surface area contributed by atoms with Gasteiger partial charge in [-0.25, -0.2) is 0 Å². The number of carbonyl (C=O) groups is 1. The van der Waals surface area contributed by atoms with E-state index in [1.165, 1.54) is 12.1 Å². The van der Waals surface area contributed by atoms with Gasteiger partial charge in [-0.3, -0.25) is 4.79 Å². The van der Waals surface area contributed by atoms with Crippen LogP contribution in [-0.2, 0) is 0 Å². The summed E-state index contributed by atoms with van der Waals surface area (Å²) in [5.41, 5.74) is 0.234. The molecule has 2 nitrogen and oxygen atoms in total. The van der Waals surface area contributed by atoms with Crippen LogP contribution in [0.4, 0.5) is 13.2 Å². The zero-order valence-electron chi connectivity index (χ0n) is 9.15. The maximum atomic E-state index is 11.9. The van der Waals surface area contributed by atoms with E-state index in [-0.39, 0.29) is 23.6 Å². The molecule has 0 aromatic heterocycles. The van der Waals surface area contributed by atoms with Crippen LogP contribution in [0.2, 0.25) is 5.02 Å². The smallest absolute Gasteiger partial charge is 0.352 e. The molecule has 7 heteroatoms. The highest BCUT2D eigenvalue weighted by molar-refractivity contribution is 9.10. The lowest BCUT2D eigenvalue weighted by atomic mass is 10.2. The van der Waals surface area contributed by atoms with Crippen LogP contribution < -0.4 is 5.32 Å². The van der Waals surface area contributed by atoms with Crippen molar-refractivity contribution in [1.82, 2.24) is 5.32 Å². The first kappa shape index (κ1) is 15.3. The number of nitrogens with one attached hydrogen (secondary N) is 1. The van der Waals surface area contributed by atoms with Gasteiger partial charge in [-0.15, -0.1) is 0 Å². The highest BCUT2D eigenvalue weighted by Crippen LogP contribution is 2.22. The Morgan fingerprint density at radius 3 is 2.67 bits per heavy atom. The molecule has 1 amide bonds. The van der Waals surface area contributed by atoms with Gasteiger partial charge in [0.2, 0.25) is 0 Å².